The molecule has 4 N–H and O–H groups in total. The van der Waals surface area contributed by atoms with E-state index in [9.17, 15) is 19.8 Å². The summed E-state index contributed by atoms with van der Waals surface area (Å²) < 4.78 is 0. The number of hydrogen-bond donors (Lipinski definition) is 2. The Labute approximate surface area is 171 Å². The Morgan fingerprint density at radius 3 is 1.32 bits per heavy atom. The standard InChI is InChI=1S/C14H12N2O4.2Na/c15-7-1-3-9(11(5-7)13(17)18)10-4-2-8(16)6-12(10)14(19)20;;/h1-6H,15-16H2,(H,17,18)(H,19,20);;/q;2*+1/p-2. The van der Waals surface area contributed by atoms with Crippen molar-refractivity contribution in [3.63, 3.8) is 0 Å². The average molecular weight is 316 g/mol. The summed E-state index contributed by atoms with van der Waals surface area (Å²) in [6, 6.07) is 8.19. The van der Waals surface area contributed by atoms with Gasteiger partial charge in [-0.2, -0.15) is 0 Å². The molecule has 0 fully saturated rings. The van der Waals surface area contributed by atoms with Crippen LogP contribution in [0.5, 0.6) is 0 Å². The molecule has 0 unspecified atom stereocenters. The van der Waals surface area contributed by atoms with Crippen LogP contribution < -0.4 is 80.8 Å². The molecule has 6 nitrogen and oxygen atoms in total. The van der Waals surface area contributed by atoms with Crippen molar-refractivity contribution in [2.24, 2.45) is 0 Å². The van der Waals surface area contributed by atoms with Gasteiger partial charge in [-0.25, -0.2) is 0 Å². The fraction of sp³-hybridized carbons (Fsp3) is 0. The van der Waals surface area contributed by atoms with Crippen LogP contribution >= 0.6 is 0 Å². The average Bonchev–Trinajstić information content (AvgIpc) is 2.38. The smallest absolute Gasteiger partial charge is 0.545 e. The summed E-state index contributed by atoms with van der Waals surface area (Å²) >= 11 is 0. The second-order valence-corrected chi connectivity index (χ2v) is 4.18. The molecule has 0 spiro atoms. The van der Waals surface area contributed by atoms with Crippen LogP contribution in [0.1, 0.15) is 20.7 Å². The monoisotopic (exact) mass is 316 g/mol. The molecule has 0 saturated heterocycles. The fourth-order valence-corrected chi connectivity index (χ4v) is 1.93. The summed E-state index contributed by atoms with van der Waals surface area (Å²) in [4.78, 5) is 22.3. The summed E-state index contributed by atoms with van der Waals surface area (Å²) in [7, 11) is 0. The van der Waals surface area contributed by atoms with E-state index < -0.39 is 11.9 Å². The first-order chi connectivity index (χ1) is 9.40. The zero-order valence-electron chi connectivity index (χ0n) is 12.3. The molecule has 22 heavy (non-hydrogen) atoms. The molecular weight excluding hydrogens is 306 g/mol. The van der Waals surface area contributed by atoms with Crippen molar-refractivity contribution in [1.29, 1.82) is 0 Å². The van der Waals surface area contributed by atoms with E-state index in [1.807, 2.05) is 0 Å². The molecule has 0 radical (unpaired) electrons. The van der Waals surface area contributed by atoms with Crippen molar-refractivity contribution in [3.8, 4) is 11.1 Å². The van der Waals surface area contributed by atoms with Gasteiger partial charge in [0.15, 0.2) is 0 Å². The van der Waals surface area contributed by atoms with E-state index in [0.717, 1.165) is 0 Å². The van der Waals surface area contributed by atoms with Gasteiger partial charge >= 0.3 is 59.1 Å². The van der Waals surface area contributed by atoms with Crippen LogP contribution in [0.4, 0.5) is 11.4 Å². The minimum absolute atomic E-state index is 0. The van der Waals surface area contributed by atoms with Crippen molar-refractivity contribution in [1.82, 2.24) is 0 Å². The van der Waals surface area contributed by atoms with E-state index >= 15 is 0 Å². The Morgan fingerprint density at radius 1 is 0.727 bits per heavy atom. The Kier molecular flexibility index (Phi) is 8.17. The molecule has 0 aliphatic rings. The van der Waals surface area contributed by atoms with E-state index in [2.05, 4.69) is 0 Å². The van der Waals surface area contributed by atoms with Crippen LogP contribution in [0.15, 0.2) is 36.4 Å². The van der Waals surface area contributed by atoms with Gasteiger partial charge in [-0.15, -0.1) is 0 Å². The molecular formula is C14H10N2Na2O4. The van der Waals surface area contributed by atoms with Crippen LogP contribution in [0.3, 0.4) is 0 Å². The number of anilines is 2. The van der Waals surface area contributed by atoms with Gasteiger partial charge in [0.05, 0.1) is 11.9 Å². The summed E-state index contributed by atoms with van der Waals surface area (Å²) in [5.41, 5.74) is 11.5. The van der Waals surface area contributed by atoms with Crippen LogP contribution in [0.2, 0.25) is 0 Å². The van der Waals surface area contributed by atoms with E-state index in [1.165, 1.54) is 36.4 Å². The van der Waals surface area contributed by atoms with Crippen LogP contribution in [0.25, 0.3) is 11.1 Å². The number of benzene rings is 2. The molecule has 0 heterocycles. The summed E-state index contributed by atoms with van der Waals surface area (Å²) in [5.74, 6) is -2.90. The third kappa shape index (κ3) is 4.49. The maximum atomic E-state index is 11.1. The van der Waals surface area contributed by atoms with Crippen molar-refractivity contribution in [2.75, 3.05) is 11.5 Å². The second-order valence-electron chi connectivity index (χ2n) is 4.18. The third-order valence-electron chi connectivity index (χ3n) is 2.82. The molecule has 0 bridgehead atoms. The van der Waals surface area contributed by atoms with E-state index in [4.69, 9.17) is 11.5 Å². The van der Waals surface area contributed by atoms with Gasteiger partial charge in [0, 0.05) is 22.5 Å². The number of carboxylic acids is 2. The number of nitrogen functional groups attached to an aromatic ring is 2. The number of nitrogens with two attached hydrogens (primary N) is 2. The van der Waals surface area contributed by atoms with Gasteiger partial charge in [0.25, 0.3) is 0 Å². The first-order valence-corrected chi connectivity index (χ1v) is 5.62. The van der Waals surface area contributed by atoms with Crippen molar-refractivity contribution < 1.29 is 78.9 Å². The molecule has 8 heteroatoms. The van der Waals surface area contributed by atoms with Crippen LogP contribution in [-0.4, -0.2) is 11.9 Å². The Bertz CT molecular complexity index is 658. The Hall–Kier alpha value is -1.02. The van der Waals surface area contributed by atoms with Crippen molar-refractivity contribution in [2.45, 2.75) is 0 Å². The van der Waals surface area contributed by atoms with Gasteiger partial charge in [0.2, 0.25) is 0 Å². The number of rotatable bonds is 3. The van der Waals surface area contributed by atoms with Gasteiger partial charge in [-0.3, -0.25) is 0 Å². The summed E-state index contributed by atoms with van der Waals surface area (Å²) in [6.45, 7) is 0. The van der Waals surface area contributed by atoms with Gasteiger partial charge in [-0.1, -0.05) is 12.1 Å². The molecule has 0 aliphatic heterocycles. The third-order valence-corrected chi connectivity index (χ3v) is 2.82. The number of carboxylic acid groups (broad SMARTS) is 2. The summed E-state index contributed by atoms with van der Waals surface area (Å²) in [6.07, 6.45) is 0. The quantitative estimate of drug-likeness (QED) is 0.427. The second kappa shape index (κ2) is 8.57. The maximum absolute atomic E-state index is 11.1. The fourth-order valence-electron chi connectivity index (χ4n) is 1.93. The number of hydrogen-bond acceptors (Lipinski definition) is 6. The molecule has 0 aliphatic carbocycles. The number of aromatic carboxylic acids is 2. The van der Waals surface area contributed by atoms with Crippen molar-refractivity contribution in [3.05, 3.63) is 47.5 Å². The molecule has 2 aromatic rings. The number of carbonyl (C=O) groups is 2. The Morgan fingerprint density at radius 2 is 1.05 bits per heavy atom. The molecule has 0 amide bonds. The number of carbonyl (C=O) groups excluding carboxylic acids is 2. The first-order valence-electron chi connectivity index (χ1n) is 5.62. The predicted molar refractivity (Wildman–Crippen MR) is 69.4 cm³/mol. The molecule has 0 saturated carbocycles. The molecule has 102 valence electrons. The van der Waals surface area contributed by atoms with Gasteiger partial charge in [-0.05, 0) is 35.4 Å². The predicted octanol–water partition coefficient (Wildman–Crippen LogP) is -6.75. The first kappa shape index (κ1) is 21.0. The molecule has 0 atom stereocenters. The van der Waals surface area contributed by atoms with Crippen LogP contribution in [0, 0.1) is 0 Å². The largest absolute Gasteiger partial charge is 1.00 e. The molecule has 2 rings (SSSR count). The normalized spacial score (nSPS) is 9.27. The van der Waals surface area contributed by atoms with Crippen molar-refractivity contribution >= 4 is 23.3 Å². The van der Waals surface area contributed by atoms with Crippen LogP contribution in [-0.2, 0) is 0 Å². The SMILES string of the molecule is Nc1ccc(-c2ccc(N)cc2C(=O)[O-])c(C(=O)[O-])c1.[Na+].[Na+]. The molecule has 2 aromatic carbocycles. The minimum Gasteiger partial charge on any atom is -0.545 e. The zero-order valence-corrected chi connectivity index (χ0v) is 16.3. The minimum atomic E-state index is -1.45. The molecule has 0 aromatic heterocycles. The van der Waals surface area contributed by atoms with Gasteiger partial charge in [0.1, 0.15) is 0 Å². The zero-order chi connectivity index (χ0) is 14.9. The van der Waals surface area contributed by atoms with E-state index in [1.54, 1.807) is 0 Å². The summed E-state index contributed by atoms with van der Waals surface area (Å²) in [5, 5.41) is 22.3. The Balaban J connectivity index is 0.00000220. The van der Waals surface area contributed by atoms with E-state index in [-0.39, 0.29) is 92.7 Å². The maximum Gasteiger partial charge on any atom is 1.00 e. The topological polar surface area (TPSA) is 132 Å². The van der Waals surface area contributed by atoms with E-state index in [0.29, 0.717) is 0 Å². The van der Waals surface area contributed by atoms with Gasteiger partial charge < -0.3 is 31.3 Å².